The highest BCUT2D eigenvalue weighted by Gasteiger charge is 2.39. The molecule has 0 unspecified atom stereocenters. The van der Waals surface area contributed by atoms with Crippen LogP contribution < -0.4 is 5.32 Å². The SMILES string of the molecule is O=C(COC(=O)[C@H]1CC(=O)N(C2CCCCC2)C1)Nc1cc(C(F)(F)F)ccc1Cl. The molecule has 0 bridgehead atoms. The Bertz CT molecular complexity index is 825. The average molecular weight is 447 g/mol. The molecule has 3 rings (SSSR count). The lowest BCUT2D eigenvalue weighted by Gasteiger charge is -2.31. The fraction of sp³-hybridized carbons (Fsp3) is 0.550. The molecule has 6 nitrogen and oxygen atoms in total. The van der Waals surface area contributed by atoms with Crippen LogP contribution in [0.1, 0.15) is 44.1 Å². The van der Waals surface area contributed by atoms with E-state index >= 15 is 0 Å². The number of nitrogens with zero attached hydrogens (tertiary/aromatic N) is 1. The Morgan fingerprint density at radius 3 is 2.57 bits per heavy atom. The molecule has 1 aromatic rings. The lowest BCUT2D eigenvalue weighted by molar-refractivity contribution is -0.151. The zero-order valence-corrected chi connectivity index (χ0v) is 16.9. The normalized spacial score (nSPS) is 20.3. The van der Waals surface area contributed by atoms with Crippen molar-refractivity contribution in [2.75, 3.05) is 18.5 Å². The Kier molecular flexibility index (Phi) is 6.90. The minimum Gasteiger partial charge on any atom is -0.455 e. The Hall–Kier alpha value is -2.29. The molecule has 1 saturated carbocycles. The average Bonchev–Trinajstić information content (AvgIpc) is 3.09. The van der Waals surface area contributed by atoms with Crippen LogP contribution in [0.4, 0.5) is 18.9 Å². The number of nitrogens with one attached hydrogen (secondary N) is 1. The van der Waals surface area contributed by atoms with Crippen LogP contribution in [-0.4, -0.2) is 41.9 Å². The number of ether oxygens (including phenoxy) is 1. The van der Waals surface area contributed by atoms with E-state index in [0.717, 1.165) is 44.2 Å². The Labute approximate surface area is 176 Å². The summed E-state index contributed by atoms with van der Waals surface area (Å²) in [4.78, 5) is 38.3. The minimum absolute atomic E-state index is 0.0381. The van der Waals surface area contributed by atoms with E-state index in [1.807, 2.05) is 0 Å². The number of alkyl halides is 3. The zero-order valence-electron chi connectivity index (χ0n) is 16.1. The molecule has 2 amide bonds. The van der Waals surface area contributed by atoms with Crippen molar-refractivity contribution < 1.29 is 32.3 Å². The molecular formula is C20H22ClF3N2O4. The number of hydrogen-bond donors (Lipinski definition) is 1. The molecule has 10 heteroatoms. The van der Waals surface area contributed by atoms with Gasteiger partial charge in [-0.25, -0.2) is 0 Å². The van der Waals surface area contributed by atoms with E-state index in [4.69, 9.17) is 16.3 Å². The van der Waals surface area contributed by atoms with Gasteiger partial charge in [0.05, 0.1) is 22.2 Å². The molecular weight excluding hydrogens is 425 g/mol. The van der Waals surface area contributed by atoms with Gasteiger partial charge in [0, 0.05) is 19.0 Å². The summed E-state index contributed by atoms with van der Waals surface area (Å²) < 4.78 is 43.4. The molecule has 2 fully saturated rings. The molecule has 30 heavy (non-hydrogen) atoms. The van der Waals surface area contributed by atoms with Gasteiger partial charge < -0.3 is 15.0 Å². The molecule has 1 atom stereocenters. The van der Waals surface area contributed by atoms with Gasteiger partial charge in [-0.2, -0.15) is 13.2 Å². The van der Waals surface area contributed by atoms with Crippen LogP contribution in [0, 0.1) is 5.92 Å². The predicted molar refractivity (Wildman–Crippen MR) is 103 cm³/mol. The number of likely N-dealkylation sites (tertiary alicyclic amines) is 1. The van der Waals surface area contributed by atoms with Gasteiger partial charge in [-0.3, -0.25) is 14.4 Å². The van der Waals surface area contributed by atoms with Crippen molar-refractivity contribution >= 4 is 35.1 Å². The smallest absolute Gasteiger partial charge is 0.416 e. The number of carbonyl (C=O) groups is 3. The van der Waals surface area contributed by atoms with Crippen molar-refractivity contribution in [2.45, 2.75) is 50.7 Å². The summed E-state index contributed by atoms with van der Waals surface area (Å²) in [6.45, 7) is -0.414. The van der Waals surface area contributed by atoms with Gasteiger partial charge in [0.25, 0.3) is 5.91 Å². The summed E-state index contributed by atoms with van der Waals surface area (Å²) in [6.07, 6.45) is 0.562. The molecule has 164 valence electrons. The monoisotopic (exact) mass is 446 g/mol. The van der Waals surface area contributed by atoms with E-state index < -0.39 is 36.1 Å². The molecule has 1 aliphatic heterocycles. The second-order valence-corrected chi connectivity index (χ2v) is 7.99. The van der Waals surface area contributed by atoms with Crippen LogP contribution in [0.2, 0.25) is 5.02 Å². The van der Waals surface area contributed by atoms with Crippen molar-refractivity contribution in [3.05, 3.63) is 28.8 Å². The molecule has 2 aliphatic rings. The Balaban J connectivity index is 1.51. The number of anilines is 1. The van der Waals surface area contributed by atoms with Crippen LogP contribution in [0.25, 0.3) is 0 Å². The third-order valence-electron chi connectivity index (χ3n) is 5.42. The second kappa shape index (κ2) is 9.24. The van der Waals surface area contributed by atoms with Gasteiger partial charge in [0.2, 0.25) is 5.91 Å². The van der Waals surface area contributed by atoms with Crippen molar-refractivity contribution in [3.63, 3.8) is 0 Å². The molecule has 1 N–H and O–H groups in total. The van der Waals surface area contributed by atoms with E-state index in [1.165, 1.54) is 0 Å². The van der Waals surface area contributed by atoms with Crippen LogP contribution in [0.3, 0.4) is 0 Å². The first-order valence-electron chi connectivity index (χ1n) is 9.78. The van der Waals surface area contributed by atoms with Crippen LogP contribution >= 0.6 is 11.6 Å². The number of halogens is 4. The fourth-order valence-electron chi connectivity index (χ4n) is 3.87. The van der Waals surface area contributed by atoms with Crippen molar-refractivity contribution in [3.8, 4) is 0 Å². The number of hydrogen-bond acceptors (Lipinski definition) is 4. The molecule has 0 radical (unpaired) electrons. The maximum atomic E-state index is 12.8. The van der Waals surface area contributed by atoms with E-state index in [1.54, 1.807) is 4.90 Å². The van der Waals surface area contributed by atoms with Gasteiger partial charge in [-0.05, 0) is 31.0 Å². The van der Waals surface area contributed by atoms with E-state index in [2.05, 4.69) is 5.32 Å². The largest absolute Gasteiger partial charge is 0.455 e. The number of esters is 1. The Morgan fingerprint density at radius 2 is 1.90 bits per heavy atom. The van der Waals surface area contributed by atoms with Gasteiger partial charge in [-0.1, -0.05) is 30.9 Å². The predicted octanol–water partition coefficient (Wildman–Crippen LogP) is 4.02. The third kappa shape index (κ3) is 5.44. The van der Waals surface area contributed by atoms with E-state index in [0.29, 0.717) is 6.07 Å². The number of amides is 2. The van der Waals surface area contributed by atoms with Gasteiger partial charge >= 0.3 is 12.1 Å². The van der Waals surface area contributed by atoms with E-state index in [-0.39, 0.29) is 35.6 Å². The molecule has 1 heterocycles. The highest BCUT2D eigenvalue weighted by Crippen LogP contribution is 2.34. The van der Waals surface area contributed by atoms with Crippen LogP contribution in [0.5, 0.6) is 0 Å². The first-order chi connectivity index (χ1) is 14.1. The number of rotatable bonds is 5. The summed E-state index contributed by atoms with van der Waals surface area (Å²) in [5, 5.41) is 2.14. The maximum Gasteiger partial charge on any atom is 0.416 e. The molecule has 1 aromatic carbocycles. The zero-order chi connectivity index (χ0) is 21.9. The van der Waals surface area contributed by atoms with Crippen molar-refractivity contribution in [2.24, 2.45) is 5.92 Å². The summed E-state index contributed by atoms with van der Waals surface area (Å²) in [5.74, 6) is -2.24. The summed E-state index contributed by atoms with van der Waals surface area (Å²) in [6, 6.07) is 2.68. The summed E-state index contributed by atoms with van der Waals surface area (Å²) >= 11 is 5.83. The van der Waals surface area contributed by atoms with Crippen LogP contribution in [-0.2, 0) is 25.3 Å². The lowest BCUT2D eigenvalue weighted by atomic mass is 9.94. The lowest BCUT2D eigenvalue weighted by Crippen LogP contribution is -2.38. The standard InChI is InChI=1S/C20H22ClF3N2O4/c21-15-7-6-13(20(22,23)24)9-16(15)25-17(27)11-30-19(29)12-8-18(28)26(10-12)14-4-2-1-3-5-14/h6-7,9,12,14H,1-5,8,10-11H2,(H,25,27)/t12-/m0/s1. The molecule has 0 aromatic heterocycles. The molecule has 1 saturated heterocycles. The van der Waals surface area contributed by atoms with Crippen molar-refractivity contribution in [1.82, 2.24) is 4.90 Å². The first kappa shape index (κ1) is 22.4. The summed E-state index contributed by atoms with van der Waals surface area (Å²) in [7, 11) is 0. The quantitative estimate of drug-likeness (QED) is 0.693. The molecule has 1 aliphatic carbocycles. The van der Waals surface area contributed by atoms with Gasteiger partial charge in [-0.15, -0.1) is 0 Å². The van der Waals surface area contributed by atoms with Gasteiger partial charge in [0.15, 0.2) is 6.61 Å². The minimum atomic E-state index is -4.59. The topological polar surface area (TPSA) is 75.7 Å². The highest BCUT2D eigenvalue weighted by atomic mass is 35.5. The van der Waals surface area contributed by atoms with Gasteiger partial charge in [0.1, 0.15) is 0 Å². The highest BCUT2D eigenvalue weighted by molar-refractivity contribution is 6.33. The number of carbonyl (C=O) groups excluding carboxylic acids is 3. The second-order valence-electron chi connectivity index (χ2n) is 7.59. The number of benzene rings is 1. The first-order valence-corrected chi connectivity index (χ1v) is 10.2. The Morgan fingerprint density at radius 1 is 1.20 bits per heavy atom. The summed E-state index contributed by atoms with van der Waals surface area (Å²) in [5.41, 5.74) is -1.20. The van der Waals surface area contributed by atoms with Crippen LogP contribution in [0.15, 0.2) is 18.2 Å². The fourth-order valence-corrected chi connectivity index (χ4v) is 4.04. The van der Waals surface area contributed by atoms with Crippen molar-refractivity contribution in [1.29, 1.82) is 0 Å². The third-order valence-corrected chi connectivity index (χ3v) is 5.75. The maximum absolute atomic E-state index is 12.8. The van der Waals surface area contributed by atoms with E-state index in [9.17, 15) is 27.6 Å². The molecule has 0 spiro atoms.